The highest BCUT2D eigenvalue weighted by molar-refractivity contribution is 5.61. The molecule has 0 aliphatic heterocycles. The molecule has 5 nitrogen and oxygen atoms in total. The van der Waals surface area contributed by atoms with Crippen LogP contribution in [0.15, 0.2) is 22.7 Å². The highest BCUT2D eigenvalue weighted by Gasteiger charge is 2.31. The van der Waals surface area contributed by atoms with Gasteiger partial charge in [-0.2, -0.15) is 4.98 Å². The maximum Gasteiger partial charge on any atom is 0.261 e. The van der Waals surface area contributed by atoms with Crippen molar-refractivity contribution < 1.29 is 18.8 Å². The van der Waals surface area contributed by atoms with E-state index in [1.54, 1.807) is 7.11 Å². The van der Waals surface area contributed by atoms with E-state index in [0.717, 1.165) is 6.07 Å². The normalized spacial score (nSPS) is 13.4. The van der Waals surface area contributed by atoms with Crippen molar-refractivity contribution in [3.8, 4) is 17.2 Å². The molecule has 0 radical (unpaired) electrons. The van der Waals surface area contributed by atoms with Gasteiger partial charge in [0.1, 0.15) is 17.7 Å². The van der Waals surface area contributed by atoms with Crippen molar-refractivity contribution in [2.75, 3.05) is 7.11 Å². The molecule has 0 amide bonds. The third-order valence-corrected chi connectivity index (χ3v) is 2.89. The van der Waals surface area contributed by atoms with Crippen LogP contribution in [0, 0.1) is 11.2 Å². The molecule has 0 aliphatic carbocycles. The first-order chi connectivity index (χ1) is 9.32. The molecule has 20 heavy (non-hydrogen) atoms. The summed E-state index contributed by atoms with van der Waals surface area (Å²) in [6.07, 6.45) is -0.345. The number of halogens is 1. The van der Waals surface area contributed by atoms with Gasteiger partial charge in [0.25, 0.3) is 5.89 Å². The number of phenols is 1. The Morgan fingerprint density at radius 1 is 1.35 bits per heavy atom. The smallest absolute Gasteiger partial charge is 0.261 e. The van der Waals surface area contributed by atoms with Gasteiger partial charge in [-0.25, -0.2) is 4.39 Å². The topological polar surface area (TPSA) is 68.4 Å². The molecule has 0 spiro atoms. The maximum atomic E-state index is 13.0. The summed E-state index contributed by atoms with van der Waals surface area (Å²) in [5.41, 5.74) is 0.0784. The van der Waals surface area contributed by atoms with Crippen molar-refractivity contribution in [1.29, 1.82) is 0 Å². The average molecular weight is 280 g/mol. The van der Waals surface area contributed by atoms with Crippen LogP contribution in [0.4, 0.5) is 4.39 Å². The molecule has 108 valence electrons. The van der Waals surface area contributed by atoms with Crippen LogP contribution in [-0.2, 0) is 4.74 Å². The molecule has 2 aromatic rings. The number of hydrogen-bond donors (Lipinski definition) is 1. The summed E-state index contributed by atoms with van der Waals surface area (Å²) in [5, 5.41) is 13.6. The Hall–Kier alpha value is -1.95. The zero-order chi connectivity index (χ0) is 14.9. The molecule has 0 aliphatic rings. The highest BCUT2D eigenvalue weighted by atomic mass is 19.1. The highest BCUT2D eigenvalue weighted by Crippen LogP contribution is 2.36. The second-order valence-corrected chi connectivity index (χ2v) is 5.60. The second-order valence-electron chi connectivity index (χ2n) is 5.60. The number of aromatic nitrogens is 2. The molecule has 0 bridgehead atoms. The minimum Gasteiger partial charge on any atom is -0.507 e. The maximum absolute atomic E-state index is 13.0. The Balaban J connectivity index is 2.38. The number of phenolic OH excluding ortho intramolecular Hbond substituents is 1. The van der Waals surface area contributed by atoms with Crippen LogP contribution in [0.25, 0.3) is 11.5 Å². The Bertz CT molecular complexity index is 605. The molecule has 0 saturated heterocycles. The predicted octanol–water partition coefficient (Wildman–Crippen LogP) is 3.31. The monoisotopic (exact) mass is 280 g/mol. The van der Waals surface area contributed by atoms with Crippen LogP contribution < -0.4 is 0 Å². The third kappa shape index (κ3) is 2.80. The molecule has 2 rings (SSSR count). The standard InChI is InChI=1S/C14H17FN2O3/c1-14(2,3)11(19-4)12-16-13(20-17-12)9-6-5-8(15)7-10(9)18/h5-7,11,18H,1-4H3. The van der Waals surface area contributed by atoms with Gasteiger partial charge in [0.15, 0.2) is 0 Å². The van der Waals surface area contributed by atoms with Crippen molar-refractivity contribution in [1.82, 2.24) is 10.1 Å². The van der Waals surface area contributed by atoms with Crippen LogP contribution in [0.3, 0.4) is 0 Å². The lowest BCUT2D eigenvalue weighted by Crippen LogP contribution is -2.21. The van der Waals surface area contributed by atoms with Gasteiger partial charge in [0.05, 0.1) is 5.56 Å². The first-order valence-corrected chi connectivity index (χ1v) is 6.18. The van der Waals surface area contributed by atoms with Crippen molar-refractivity contribution in [2.24, 2.45) is 5.41 Å². The lowest BCUT2D eigenvalue weighted by atomic mass is 9.88. The van der Waals surface area contributed by atoms with Gasteiger partial charge in [-0.15, -0.1) is 0 Å². The van der Waals surface area contributed by atoms with E-state index < -0.39 is 5.82 Å². The SMILES string of the molecule is COC(c1noc(-c2ccc(F)cc2O)n1)C(C)(C)C. The number of hydrogen-bond acceptors (Lipinski definition) is 5. The number of aromatic hydroxyl groups is 1. The van der Waals surface area contributed by atoms with Gasteiger partial charge in [0.2, 0.25) is 5.82 Å². The minimum absolute atomic E-state index is 0.129. The predicted molar refractivity (Wildman–Crippen MR) is 70.6 cm³/mol. The molecule has 6 heteroatoms. The molecule has 1 atom stereocenters. The average Bonchev–Trinajstić information content (AvgIpc) is 2.77. The van der Waals surface area contributed by atoms with E-state index in [9.17, 15) is 9.50 Å². The zero-order valence-corrected chi connectivity index (χ0v) is 11.8. The van der Waals surface area contributed by atoms with E-state index in [2.05, 4.69) is 10.1 Å². The fourth-order valence-electron chi connectivity index (χ4n) is 1.98. The lowest BCUT2D eigenvalue weighted by molar-refractivity contribution is 0.00718. The van der Waals surface area contributed by atoms with Crippen molar-refractivity contribution in [3.63, 3.8) is 0 Å². The second kappa shape index (κ2) is 5.20. The van der Waals surface area contributed by atoms with Crippen LogP contribution in [0.1, 0.15) is 32.7 Å². The summed E-state index contributed by atoms with van der Waals surface area (Å²) in [4.78, 5) is 4.22. The van der Waals surface area contributed by atoms with Gasteiger partial charge in [-0.3, -0.25) is 0 Å². The zero-order valence-electron chi connectivity index (χ0n) is 11.8. The molecule has 1 aromatic heterocycles. The molecule has 0 saturated carbocycles. The van der Waals surface area contributed by atoms with Gasteiger partial charge in [-0.1, -0.05) is 25.9 Å². The summed E-state index contributed by atoms with van der Waals surface area (Å²) in [6.45, 7) is 5.98. The van der Waals surface area contributed by atoms with Crippen molar-refractivity contribution in [2.45, 2.75) is 26.9 Å². The Labute approximate surface area is 116 Å². The lowest BCUT2D eigenvalue weighted by Gasteiger charge is -2.26. The quantitative estimate of drug-likeness (QED) is 0.934. The van der Waals surface area contributed by atoms with Crippen molar-refractivity contribution >= 4 is 0 Å². The molecule has 1 heterocycles. The van der Waals surface area contributed by atoms with Gasteiger partial charge in [-0.05, 0) is 17.5 Å². The first-order valence-electron chi connectivity index (χ1n) is 6.18. The van der Waals surface area contributed by atoms with E-state index in [0.29, 0.717) is 5.82 Å². The number of benzene rings is 1. The number of ether oxygens (including phenoxy) is 1. The molecular formula is C14H17FN2O3. The number of rotatable bonds is 3. The Morgan fingerprint density at radius 2 is 2.05 bits per heavy atom. The number of nitrogens with zero attached hydrogens (tertiary/aromatic N) is 2. The Morgan fingerprint density at radius 3 is 2.60 bits per heavy atom. The summed E-state index contributed by atoms with van der Waals surface area (Å²) >= 11 is 0. The summed E-state index contributed by atoms with van der Waals surface area (Å²) in [6, 6.07) is 3.61. The van der Waals surface area contributed by atoms with Crippen LogP contribution >= 0.6 is 0 Å². The third-order valence-electron chi connectivity index (χ3n) is 2.89. The fraction of sp³-hybridized carbons (Fsp3) is 0.429. The molecular weight excluding hydrogens is 263 g/mol. The molecule has 1 unspecified atom stereocenters. The van der Waals surface area contributed by atoms with Crippen molar-refractivity contribution in [3.05, 3.63) is 29.8 Å². The van der Waals surface area contributed by atoms with Crippen LogP contribution in [0.5, 0.6) is 5.75 Å². The summed E-state index contributed by atoms with van der Waals surface area (Å²) < 4.78 is 23.5. The minimum atomic E-state index is -0.532. The summed E-state index contributed by atoms with van der Waals surface area (Å²) in [5.74, 6) is -0.261. The van der Waals surface area contributed by atoms with E-state index in [1.165, 1.54) is 12.1 Å². The van der Waals surface area contributed by atoms with Gasteiger partial charge >= 0.3 is 0 Å². The van der Waals surface area contributed by atoms with Gasteiger partial charge in [0, 0.05) is 13.2 Å². The van der Waals surface area contributed by atoms with Crippen LogP contribution in [-0.4, -0.2) is 22.4 Å². The van der Waals surface area contributed by atoms with E-state index in [-0.39, 0.29) is 28.7 Å². The summed E-state index contributed by atoms with van der Waals surface area (Å²) in [7, 11) is 1.57. The molecule has 1 aromatic carbocycles. The van der Waals surface area contributed by atoms with Gasteiger partial charge < -0.3 is 14.4 Å². The largest absolute Gasteiger partial charge is 0.507 e. The fourth-order valence-corrected chi connectivity index (χ4v) is 1.98. The van der Waals surface area contributed by atoms with E-state index in [4.69, 9.17) is 9.26 Å². The van der Waals surface area contributed by atoms with E-state index in [1.807, 2.05) is 20.8 Å². The number of methoxy groups -OCH3 is 1. The van der Waals surface area contributed by atoms with E-state index >= 15 is 0 Å². The molecule has 1 N–H and O–H groups in total. The van der Waals surface area contributed by atoms with Crippen LogP contribution in [0.2, 0.25) is 0 Å². The molecule has 0 fully saturated rings. The Kier molecular flexibility index (Phi) is 3.76. The first kappa shape index (κ1) is 14.5.